The van der Waals surface area contributed by atoms with Crippen molar-refractivity contribution in [2.75, 3.05) is 5.73 Å². The van der Waals surface area contributed by atoms with Gasteiger partial charge >= 0.3 is 0 Å². The SMILES string of the molecule is C[C@@H](NC(=O)C1(c2ccc(N)cc2)CC1)c1ccccn1. The van der Waals surface area contributed by atoms with Crippen LogP contribution in [-0.4, -0.2) is 10.9 Å². The third-order valence-corrected chi connectivity index (χ3v) is 4.13. The topological polar surface area (TPSA) is 68.0 Å². The van der Waals surface area contributed by atoms with E-state index in [4.69, 9.17) is 5.73 Å². The molecule has 1 aliphatic rings. The summed E-state index contributed by atoms with van der Waals surface area (Å²) >= 11 is 0. The lowest BCUT2D eigenvalue weighted by molar-refractivity contribution is -0.124. The van der Waals surface area contributed by atoms with E-state index >= 15 is 0 Å². The Bertz CT molecular complexity index is 633. The van der Waals surface area contributed by atoms with Gasteiger partial charge in [-0.2, -0.15) is 0 Å². The van der Waals surface area contributed by atoms with Crippen LogP contribution in [0.1, 0.15) is 37.1 Å². The third-order valence-electron chi connectivity index (χ3n) is 4.13. The lowest BCUT2D eigenvalue weighted by Gasteiger charge is -2.20. The molecular formula is C17H19N3O. The second-order valence-corrected chi connectivity index (χ2v) is 5.65. The molecule has 108 valence electrons. The fraction of sp³-hybridized carbons (Fsp3) is 0.294. The number of aromatic nitrogens is 1. The summed E-state index contributed by atoms with van der Waals surface area (Å²) < 4.78 is 0. The van der Waals surface area contributed by atoms with Crippen molar-refractivity contribution in [3.8, 4) is 0 Å². The largest absolute Gasteiger partial charge is 0.399 e. The smallest absolute Gasteiger partial charge is 0.231 e. The van der Waals surface area contributed by atoms with Crippen LogP contribution in [0, 0.1) is 0 Å². The zero-order valence-electron chi connectivity index (χ0n) is 12.0. The van der Waals surface area contributed by atoms with Crippen LogP contribution in [-0.2, 0) is 10.2 Å². The van der Waals surface area contributed by atoms with E-state index in [2.05, 4.69) is 10.3 Å². The number of pyridine rings is 1. The van der Waals surface area contributed by atoms with E-state index in [0.29, 0.717) is 0 Å². The molecule has 4 nitrogen and oxygen atoms in total. The number of rotatable bonds is 4. The number of benzene rings is 1. The predicted octanol–water partition coefficient (Wildman–Crippen LogP) is 2.57. The fourth-order valence-electron chi connectivity index (χ4n) is 2.61. The van der Waals surface area contributed by atoms with Crippen LogP contribution in [0.4, 0.5) is 5.69 Å². The highest BCUT2D eigenvalue weighted by Gasteiger charge is 2.51. The van der Waals surface area contributed by atoms with Crippen molar-refractivity contribution >= 4 is 11.6 Å². The number of amides is 1. The molecule has 0 bridgehead atoms. The average Bonchev–Trinajstić information content (AvgIpc) is 3.30. The van der Waals surface area contributed by atoms with E-state index in [-0.39, 0.29) is 17.4 Å². The summed E-state index contributed by atoms with van der Waals surface area (Å²) in [6.07, 6.45) is 3.51. The van der Waals surface area contributed by atoms with Gasteiger partial charge in [0.05, 0.1) is 17.2 Å². The Morgan fingerprint density at radius 1 is 1.24 bits per heavy atom. The molecule has 1 fully saturated rings. The fourth-order valence-corrected chi connectivity index (χ4v) is 2.61. The van der Waals surface area contributed by atoms with Gasteiger partial charge in [-0.25, -0.2) is 0 Å². The molecule has 3 N–H and O–H groups in total. The van der Waals surface area contributed by atoms with Crippen molar-refractivity contribution in [3.63, 3.8) is 0 Å². The number of nitrogens with two attached hydrogens (primary N) is 1. The van der Waals surface area contributed by atoms with Crippen molar-refractivity contribution in [3.05, 3.63) is 59.9 Å². The first-order valence-corrected chi connectivity index (χ1v) is 7.20. The molecule has 2 aromatic rings. The highest BCUT2D eigenvalue weighted by atomic mass is 16.2. The van der Waals surface area contributed by atoms with E-state index in [1.165, 1.54) is 0 Å². The molecule has 1 aromatic carbocycles. The molecule has 1 atom stereocenters. The second-order valence-electron chi connectivity index (χ2n) is 5.65. The summed E-state index contributed by atoms with van der Waals surface area (Å²) in [7, 11) is 0. The quantitative estimate of drug-likeness (QED) is 0.846. The maximum absolute atomic E-state index is 12.6. The zero-order chi connectivity index (χ0) is 14.9. The number of anilines is 1. The monoisotopic (exact) mass is 281 g/mol. The Morgan fingerprint density at radius 2 is 1.95 bits per heavy atom. The van der Waals surface area contributed by atoms with Crippen molar-refractivity contribution in [1.82, 2.24) is 10.3 Å². The summed E-state index contributed by atoms with van der Waals surface area (Å²) in [6, 6.07) is 13.2. The third kappa shape index (κ3) is 2.61. The molecule has 0 spiro atoms. The minimum atomic E-state index is -0.378. The van der Waals surface area contributed by atoms with Crippen molar-refractivity contribution in [2.45, 2.75) is 31.2 Å². The molecule has 3 rings (SSSR count). The number of nitrogen functional groups attached to an aromatic ring is 1. The summed E-state index contributed by atoms with van der Waals surface area (Å²) in [5.74, 6) is 0.0745. The van der Waals surface area contributed by atoms with Gasteiger partial charge in [0.1, 0.15) is 0 Å². The van der Waals surface area contributed by atoms with E-state index in [1.54, 1.807) is 6.20 Å². The first-order valence-electron chi connectivity index (χ1n) is 7.20. The Kier molecular flexibility index (Phi) is 3.37. The minimum Gasteiger partial charge on any atom is -0.399 e. The molecule has 0 aliphatic heterocycles. The highest BCUT2D eigenvalue weighted by molar-refractivity contribution is 5.91. The Hall–Kier alpha value is -2.36. The van der Waals surface area contributed by atoms with Crippen molar-refractivity contribution in [1.29, 1.82) is 0 Å². The summed E-state index contributed by atoms with van der Waals surface area (Å²) in [5.41, 5.74) is 7.97. The highest BCUT2D eigenvalue weighted by Crippen LogP contribution is 2.48. The van der Waals surface area contributed by atoms with Crippen LogP contribution in [0.5, 0.6) is 0 Å². The maximum atomic E-state index is 12.6. The van der Waals surface area contributed by atoms with Crippen LogP contribution < -0.4 is 11.1 Å². The average molecular weight is 281 g/mol. The minimum absolute atomic E-state index is 0.0745. The maximum Gasteiger partial charge on any atom is 0.231 e. The van der Waals surface area contributed by atoms with Crippen LogP contribution in [0.25, 0.3) is 0 Å². The van der Waals surface area contributed by atoms with Gasteiger partial charge in [-0.3, -0.25) is 9.78 Å². The van der Waals surface area contributed by atoms with Crippen LogP contribution >= 0.6 is 0 Å². The summed E-state index contributed by atoms with van der Waals surface area (Å²) in [6.45, 7) is 1.96. The van der Waals surface area contributed by atoms with Gasteiger partial charge in [-0.05, 0) is 49.6 Å². The van der Waals surface area contributed by atoms with Crippen LogP contribution in [0.3, 0.4) is 0 Å². The lowest BCUT2D eigenvalue weighted by atomic mass is 9.94. The number of hydrogen-bond acceptors (Lipinski definition) is 3. The van der Waals surface area contributed by atoms with Gasteiger partial charge in [0.15, 0.2) is 0 Å². The van der Waals surface area contributed by atoms with Gasteiger partial charge in [-0.1, -0.05) is 18.2 Å². The van der Waals surface area contributed by atoms with E-state index in [0.717, 1.165) is 29.8 Å². The van der Waals surface area contributed by atoms with Gasteiger partial charge in [0, 0.05) is 11.9 Å². The molecule has 0 unspecified atom stereocenters. The molecule has 1 aromatic heterocycles. The first kappa shape index (κ1) is 13.6. The Balaban J connectivity index is 1.75. The number of hydrogen-bond donors (Lipinski definition) is 2. The number of nitrogens with zero attached hydrogens (tertiary/aromatic N) is 1. The molecular weight excluding hydrogens is 262 g/mol. The number of carbonyl (C=O) groups excluding carboxylic acids is 1. The molecule has 1 heterocycles. The zero-order valence-corrected chi connectivity index (χ0v) is 12.0. The normalized spacial score (nSPS) is 17.0. The molecule has 1 saturated carbocycles. The number of carbonyl (C=O) groups is 1. The molecule has 4 heteroatoms. The van der Waals surface area contributed by atoms with Gasteiger partial charge in [0.2, 0.25) is 5.91 Å². The van der Waals surface area contributed by atoms with Crippen molar-refractivity contribution in [2.24, 2.45) is 0 Å². The molecule has 0 radical (unpaired) electrons. The van der Waals surface area contributed by atoms with E-state index in [9.17, 15) is 4.79 Å². The van der Waals surface area contributed by atoms with Gasteiger partial charge in [0.25, 0.3) is 0 Å². The number of nitrogens with one attached hydrogen (secondary N) is 1. The van der Waals surface area contributed by atoms with Crippen molar-refractivity contribution < 1.29 is 4.79 Å². The van der Waals surface area contributed by atoms with E-state index in [1.807, 2.05) is 49.4 Å². The molecule has 1 amide bonds. The first-order chi connectivity index (χ1) is 10.1. The Labute approximate surface area is 124 Å². The summed E-state index contributed by atoms with van der Waals surface area (Å²) in [4.78, 5) is 16.9. The van der Waals surface area contributed by atoms with Gasteiger partial charge in [-0.15, -0.1) is 0 Å². The lowest BCUT2D eigenvalue weighted by Crippen LogP contribution is -2.36. The Morgan fingerprint density at radius 3 is 2.52 bits per heavy atom. The molecule has 1 aliphatic carbocycles. The standard InChI is InChI=1S/C17H19N3O/c1-12(15-4-2-3-11-19-15)20-16(21)17(9-10-17)13-5-7-14(18)8-6-13/h2-8,11-12H,9-10,18H2,1H3,(H,20,21)/t12-/m1/s1. The van der Waals surface area contributed by atoms with E-state index < -0.39 is 0 Å². The molecule has 21 heavy (non-hydrogen) atoms. The van der Waals surface area contributed by atoms with Gasteiger partial charge < -0.3 is 11.1 Å². The second kappa shape index (κ2) is 5.20. The summed E-state index contributed by atoms with van der Waals surface area (Å²) in [5, 5.41) is 3.08. The van der Waals surface area contributed by atoms with Crippen LogP contribution in [0.15, 0.2) is 48.7 Å². The predicted molar refractivity (Wildman–Crippen MR) is 82.6 cm³/mol. The molecule has 0 saturated heterocycles. The van der Waals surface area contributed by atoms with Crippen LogP contribution in [0.2, 0.25) is 0 Å².